The molecule has 5 heteroatoms. The molecule has 0 spiro atoms. The summed E-state index contributed by atoms with van der Waals surface area (Å²) in [5.41, 5.74) is 6.73. The van der Waals surface area contributed by atoms with E-state index in [1.54, 1.807) is 0 Å². The highest BCUT2D eigenvalue weighted by Crippen LogP contribution is 2.27. The number of nitrogen functional groups attached to an aromatic ring is 1. The molecule has 0 amide bonds. The van der Waals surface area contributed by atoms with Gasteiger partial charge in [0, 0.05) is 12.2 Å². The Kier molecular flexibility index (Phi) is 2.88. The van der Waals surface area contributed by atoms with Crippen LogP contribution in [0.15, 0.2) is 0 Å². The van der Waals surface area contributed by atoms with Crippen LogP contribution in [0.3, 0.4) is 0 Å². The Morgan fingerprint density at radius 2 is 2.50 bits per heavy atom. The summed E-state index contributed by atoms with van der Waals surface area (Å²) in [6.07, 6.45) is 2.29. The topological polar surface area (TPSA) is 60.2 Å². The SMILES string of the molecule is Cc1c(N)nsc1NC1CCCOC1. The van der Waals surface area contributed by atoms with Crippen LogP contribution >= 0.6 is 11.5 Å². The number of ether oxygens (including phenoxy) is 1. The summed E-state index contributed by atoms with van der Waals surface area (Å²) < 4.78 is 9.49. The van der Waals surface area contributed by atoms with Crippen LogP contribution in [-0.2, 0) is 4.74 Å². The number of rotatable bonds is 2. The molecule has 14 heavy (non-hydrogen) atoms. The fourth-order valence-electron chi connectivity index (χ4n) is 1.52. The van der Waals surface area contributed by atoms with Crippen molar-refractivity contribution >= 4 is 22.4 Å². The van der Waals surface area contributed by atoms with Crippen LogP contribution in [0.5, 0.6) is 0 Å². The normalized spacial score (nSPS) is 22.2. The van der Waals surface area contributed by atoms with E-state index in [-0.39, 0.29) is 0 Å². The van der Waals surface area contributed by atoms with Gasteiger partial charge in [-0.05, 0) is 31.3 Å². The second-order valence-electron chi connectivity index (χ2n) is 3.58. The number of anilines is 2. The fraction of sp³-hybridized carbons (Fsp3) is 0.667. The average Bonchev–Trinajstić information content (AvgIpc) is 2.52. The molecule has 2 heterocycles. The first-order valence-corrected chi connectivity index (χ1v) is 5.60. The number of hydrogen-bond acceptors (Lipinski definition) is 5. The minimum atomic E-state index is 0.419. The van der Waals surface area contributed by atoms with E-state index < -0.39 is 0 Å². The van der Waals surface area contributed by atoms with Crippen molar-refractivity contribution in [1.29, 1.82) is 0 Å². The largest absolute Gasteiger partial charge is 0.383 e. The molecule has 0 saturated carbocycles. The Balaban J connectivity index is 1.99. The van der Waals surface area contributed by atoms with Crippen molar-refractivity contribution in [3.63, 3.8) is 0 Å². The average molecular weight is 213 g/mol. The van der Waals surface area contributed by atoms with Crippen LogP contribution in [0.25, 0.3) is 0 Å². The molecule has 1 aromatic rings. The third-order valence-corrected chi connectivity index (χ3v) is 3.35. The third-order valence-electron chi connectivity index (χ3n) is 2.46. The molecule has 78 valence electrons. The second-order valence-corrected chi connectivity index (χ2v) is 4.35. The number of aromatic nitrogens is 1. The van der Waals surface area contributed by atoms with Crippen molar-refractivity contribution in [2.45, 2.75) is 25.8 Å². The van der Waals surface area contributed by atoms with Gasteiger partial charge >= 0.3 is 0 Å². The molecule has 0 aliphatic carbocycles. The van der Waals surface area contributed by atoms with Crippen molar-refractivity contribution in [3.8, 4) is 0 Å². The van der Waals surface area contributed by atoms with Crippen LogP contribution in [0.1, 0.15) is 18.4 Å². The van der Waals surface area contributed by atoms with Crippen LogP contribution in [0.2, 0.25) is 0 Å². The van der Waals surface area contributed by atoms with Gasteiger partial charge in [-0.15, -0.1) is 0 Å². The Labute approximate surface area is 87.6 Å². The fourth-order valence-corrected chi connectivity index (χ4v) is 2.31. The summed E-state index contributed by atoms with van der Waals surface area (Å²) >= 11 is 1.43. The second kappa shape index (κ2) is 4.14. The van der Waals surface area contributed by atoms with E-state index in [1.807, 2.05) is 6.92 Å². The number of nitrogens with zero attached hydrogens (tertiary/aromatic N) is 1. The minimum absolute atomic E-state index is 0.419. The predicted octanol–water partition coefficient (Wildman–Crippen LogP) is 1.62. The molecule has 1 aliphatic heterocycles. The molecular formula is C9H15N3OS. The van der Waals surface area contributed by atoms with Gasteiger partial charge in [0.25, 0.3) is 0 Å². The van der Waals surface area contributed by atoms with E-state index in [1.165, 1.54) is 11.5 Å². The summed E-state index contributed by atoms with van der Waals surface area (Å²) in [4.78, 5) is 0. The van der Waals surface area contributed by atoms with E-state index >= 15 is 0 Å². The lowest BCUT2D eigenvalue weighted by atomic mass is 10.1. The summed E-state index contributed by atoms with van der Waals surface area (Å²) in [6.45, 7) is 3.67. The van der Waals surface area contributed by atoms with Gasteiger partial charge in [0.1, 0.15) is 10.8 Å². The lowest BCUT2D eigenvalue weighted by molar-refractivity contribution is 0.0877. The molecule has 0 aromatic carbocycles. The van der Waals surface area contributed by atoms with Gasteiger partial charge in [-0.1, -0.05) is 0 Å². The maximum absolute atomic E-state index is 5.67. The van der Waals surface area contributed by atoms with Crippen LogP contribution < -0.4 is 11.1 Å². The van der Waals surface area contributed by atoms with Crippen molar-refractivity contribution in [1.82, 2.24) is 4.37 Å². The number of nitrogens with one attached hydrogen (secondary N) is 1. The zero-order chi connectivity index (χ0) is 9.97. The molecule has 0 radical (unpaired) electrons. The summed E-state index contributed by atoms with van der Waals surface area (Å²) in [6, 6.07) is 0.419. The molecule has 4 nitrogen and oxygen atoms in total. The van der Waals surface area contributed by atoms with Gasteiger partial charge in [0.05, 0.1) is 12.6 Å². The van der Waals surface area contributed by atoms with Crippen molar-refractivity contribution in [2.75, 3.05) is 24.3 Å². The highest BCUT2D eigenvalue weighted by molar-refractivity contribution is 7.10. The molecule has 1 atom stereocenters. The van der Waals surface area contributed by atoms with Crippen LogP contribution in [0, 0.1) is 6.92 Å². The molecule has 1 aliphatic rings. The van der Waals surface area contributed by atoms with Crippen LogP contribution in [0.4, 0.5) is 10.8 Å². The molecule has 2 rings (SSSR count). The van der Waals surface area contributed by atoms with Gasteiger partial charge in [-0.25, -0.2) is 0 Å². The highest BCUT2D eigenvalue weighted by atomic mass is 32.1. The van der Waals surface area contributed by atoms with Crippen LogP contribution in [-0.4, -0.2) is 23.6 Å². The Hall–Kier alpha value is -0.810. The van der Waals surface area contributed by atoms with E-state index in [2.05, 4.69) is 9.69 Å². The molecule has 3 N–H and O–H groups in total. The smallest absolute Gasteiger partial charge is 0.142 e. The van der Waals surface area contributed by atoms with E-state index in [9.17, 15) is 0 Å². The molecular weight excluding hydrogens is 198 g/mol. The maximum Gasteiger partial charge on any atom is 0.142 e. The summed E-state index contributed by atoms with van der Waals surface area (Å²) in [5.74, 6) is 0.634. The first-order chi connectivity index (χ1) is 6.77. The zero-order valence-corrected chi connectivity index (χ0v) is 9.06. The predicted molar refractivity (Wildman–Crippen MR) is 58.7 cm³/mol. The van der Waals surface area contributed by atoms with Crippen molar-refractivity contribution < 1.29 is 4.74 Å². The van der Waals surface area contributed by atoms with Gasteiger partial charge < -0.3 is 15.8 Å². The lowest BCUT2D eigenvalue weighted by Gasteiger charge is -2.23. The molecule has 1 unspecified atom stereocenters. The van der Waals surface area contributed by atoms with E-state index in [0.29, 0.717) is 11.9 Å². The van der Waals surface area contributed by atoms with Gasteiger partial charge in [0.2, 0.25) is 0 Å². The Morgan fingerprint density at radius 1 is 1.64 bits per heavy atom. The first-order valence-electron chi connectivity index (χ1n) is 4.83. The third kappa shape index (κ3) is 1.99. The van der Waals surface area contributed by atoms with Gasteiger partial charge in [0.15, 0.2) is 0 Å². The van der Waals surface area contributed by atoms with E-state index in [0.717, 1.165) is 36.6 Å². The highest BCUT2D eigenvalue weighted by Gasteiger charge is 2.16. The standard InChI is InChI=1S/C9H15N3OS/c1-6-8(10)12-14-9(6)11-7-3-2-4-13-5-7/h7,11H,2-5H2,1H3,(H2,10,12). The van der Waals surface area contributed by atoms with Gasteiger partial charge in [-0.2, -0.15) is 4.37 Å². The first kappa shape index (κ1) is 9.73. The van der Waals surface area contributed by atoms with Crippen molar-refractivity contribution in [2.24, 2.45) is 0 Å². The lowest BCUT2D eigenvalue weighted by Crippen LogP contribution is -2.29. The monoisotopic (exact) mass is 213 g/mol. The Morgan fingerprint density at radius 3 is 3.07 bits per heavy atom. The zero-order valence-electron chi connectivity index (χ0n) is 8.25. The molecule has 1 aromatic heterocycles. The summed E-state index contributed by atoms with van der Waals surface area (Å²) in [5, 5.41) is 4.50. The number of nitrogens with two attached hydrogens (primary N) is 1. The molecule has 1 saturated heterocycles. The van der Waals surface area contributed by atoms with Gasteiger partial charge in [-0.3, -0.25) is 0 Å². The minimum Gasteiger partial charge on any atom is -0.383 e. The maximum atomic E-state index is 5.67. The van der Waals surface area contributed by atoms with E-state index in [4.69, 9.17) is 10.5 Å². The molecule has 0 bridgehead atoms. The van der Waals surface area contributed by atoms with Crippen molar-refractivity contribution in [3.05, 3.63) is 5.56 Å². The Bertz CT molecular complexity index is 307. The summed E-state index contributed by atoms with van der Waals surface area (Å²) in [7, 11) is 0. The molecule has 1 fully saturated rings. The number of hydrogen-bond donors (Lipinski definition) is 2. The quantitative estimate of drug-likeness (QED) is 0.783.